The van der Waals surface area contributed by atoms with Crippen molar-refractivity contribution in [3.8, 4) is 17.0 Å². The fourth-order valence-electron chi connectivity index (χ4n) is 3.20. The first-order chi connectivity index (χ1) is 13.3. The number of fused-ring (bicyclic) bond motifs is 1. The number of benzene rings is 1. The molecule has 0 spiro atoms. The van der Waals surface area contributed by atoms with Crippen molar-refractivity contribution in [2.45, 2.75) is 33.4 Å². The van der Waals surface area contributed by atoms with Crippen LogP contribution >= 0.6 is 0 Å². The van der Waals surface area contributed by atoms with E-state index in [0.29, 0.717) is 29.5 Å². The van der Waals surface area contributed by atoms with Crippen molar-refractivity contribution in [1.29, 1.82) is 0 Å². The van der Waals surface area contributed by atoms with Crippen LogP contribution in [0.3, 0.4) is 0 Å². The smallest absolute Gasteiger partial charge is 0.182 e. The van der Waals surface area contributed by atoms with E-state index in [1.165, 1.54) is 6.07 Å². The van der Waals surface area contributed by atoms with Gasteiger partial charge in [0.1, 0.15) is 11.6 Å². The van der Waals surface area contributed by atoms with Gasteiger partial charge in [0, 0.05) is 48.4 Å². The molecule has 0 fully saturated rings. The Morgan fingerprint density at radius 2 is 1.93 bits per heavy atom. The Labute approximate surface area is 165 Å². The Morgan fingerprint density at radius 3 is 2.61 bits per heavy atom. The summed E-state index contributed by atoms with van der Waals surface area (Å²) in [6.45, 7) is 8.91. The Balaban J connectivity index is 1.93. The molecule has 0 unspecified atom stereocenters. The number of aromatic hydroxyl groups is 1. The summed E-state index contributed by atoms with van der Waals surface area (Å²) in [5.74, 6) is -0.607. The van der Waals surface area contributed by atoms with E-state index in [9.17, 15) is 9.50 Å². The molecule has 7 heteroatoms. The quantitative estimate of drug-likeness (QED) is 0.651. The van der Waals surface area contributed by atoms with Crippen LogP contribution in [0.4, 0.5) is 4.39 Å². The second-order valence-corrected chi connectivity index (χ2v) is 7.69. The maximum Gasteiger partial charge on any atom is 0.182 e. The minimum absolute atomic E-state index is 0.104. The van der Waals surface area contributed by atoms with Crippen molar-refractivity contribution in [3.05, 3.63) is 41.3 Å². The Kier molecular flexibility index (Phi) is 5.96. The van der Waals surface area contributed by atoms with Crippen LogP contribution in [0.25, 0.3) is 22.3 Å². The number of aromatic nitrogens is 3. The van der Waals surface area contributed by atoms with E-state index in [4.69, 9.17) is 0 Å². The van der Waals surface area contributed by atoms with Gasteiger partial charge in [-0.1, -0.05) is 0 Å². The average Bonchev–Trinajstić information content (AvgIpc) is 3.00. The number of likely N-dealkylation sites (N-methyl/N-ethyl adjacent to an activating group) is 2. The van der Waals surface area contributed by atoms with Crippen molar-refractivity contribution < 1.29 is 9.50 Å². The lowest BCUT2D eigenvalue weighted by Gasteiger charge is -2.25. The number of hydrogen-bond acceptors (Lipinski definition) is 5. The minimum Gasteiger partial charge on any atom is -0.508 e. The average molecular weight is 385 g/mol. The first kappa shape index (κ1) is 20.2. The van der Waals surface area contributed by atoms with E-state index in [-0.39, 0.29) is 5.75 Å². The number of hydrogen-bond donors (Lipinski definition) is 2. The molecule has 3 aromatic rings. The largest absolute Gasteiger partial charge is 0.508 e. The summed E-state index contributed by atoms with van der Waals surface area (Å²) in [5.41, 5.74) is 3.43. The zero-order chi connectivity index (χ0) is 20.4. The molecule has 0 aliphatic rings. The van der Waals surface area contributed by atoms with Crippen LogP contribution in [0.2, 0.25) is 0 Å². The zero-order valence-electron chi connectivity index (χ0n) is 17.1. The van der Waals surface area contributed by atoms with Crippen LogP contribution in [-0.2, 0) is 6.54 Å². The fraction of sp³-hybridized carbons (Fsp3) is 0.429. The molecule has 2 N–H and O–H groups in total. The van der Waals surface area contributed by atoms with Crippen molar-refractivity contribution in [2.75, 3.05) is 27.2 Å². The van der Waals surface area contributed by atoms with E-state index in [1.54, 1.807) is 6.07 Å². The summed E-state index contributed by atoms with van der Waals surface area (Å²) >= 11 is 0. The Hall–Kier alpha value is -2.51. The number of aromatic amines is 1. The molecule has 0 saturated heterocycles. The van der Waals surface area contributed by atoms with Crippen molar-refractivity contribution in [3.63, 3.8) is 0 Å². The van der Waals surface area contributed by atoms with Gasteiger partial charge in [0.05, 0.1) is 5.69 Å². The van der Waals surface area contributed by atoms with E-state index in [1.807, 2.05) is 13.0 Å². The molecule has 0 aliphatic heterocycles. The van der Waals surface area contributed by atoms with Gasteiger partial charge in [0.25, 0.3) is 0 Å². The van der Waals surface area contributed by atoms with Crippen LogP contribution in [-0.4, -0.2) is 63.3 Å². The van der Waals surface area contributed by atoms with Gasteiger partial charge in [0.2, 0.25) is 0 Å². The van der Waals surface area contributed by atoms with Gasteiger partial charge in [-0.05, 0) is 58.6 Å². The van der Waals surface area contributed by atoms with Gasteiger partial charge in [-0.15, -0.1) is 0 Å². The number of nitrogens with zero attached hydrogens (tertiary/aromatic N) is 4. The molecule has 28 heavy (non-hydrogen) atoms. The van der Waals surface area contributed by atoms with Crippen LogP contribution in [0, 0.1) is 12.7 Å². The molecule has 2 aromatic heterocycles. The highest BCUT2D eigenvalue weighted by Crippen LogP contribution is 2.29. The first-order valence-electron chi connectivity index (χ1n) is 9.48. The van der Waals surface area contributed by atoms with E-state index >= 15 is 0 Å². The molecule has 150 valence electrons. The highest BCUT2D eigenvalue weighted by atomic mass is 19.1. The monoisotopic (exact) mass is 385 g/mol. The number of phenolic OH excluding ortho intramolecular Hbond substituents is 1. The molecule has 0 atom stereocenters. The fourth-order valence-corrected chi connectivity index (χ4v) is 3.20. The lowest BCUT2D eigenvalue weighted by atomic mass is 10.0. The maximum atomic E-state index is 14.4. The molecule has 6 nitrogen and oxygen atoms in total. The van der Waals surface area contributed by atoms with Gasteiger partial charge in [-0.25, -0.2) is 9.37 Å². The second kappa shape index (κ2) is 8.24. The minimum atomic E-state index is -0.503. The molecule has 2 heterocycles. The Morgan fingerprint density at radius 1 is 1.18 bits per heavy atom. The molecule has 0 amide bonds. The molecular formula is C21H28FN5O. The van der Waals surface area contributed by atoms with Gasteiger partial charge < -0.3 is 14.9 Å². The standard InChI is InChI=1S/C21H28FN5O/c1-13(2)27(5)9-8-26(4)12-15-10-19(17-7-6-16(28)11-18(17)22)23-21-20(15)14(3)24-25-21/h6-7,10-11,13,28H,8-9,12H2,1-5H3,(H,23,24,25). The third-order valence-corrected chi connectivity index (χ3v) is 5.17. The SMILES string of the molecule is Cc1[nH]nc2nc(-c3ccc(O)cc3F)cc(CN(C)CCN(C)C(C)C)c12. The summed E-state index contributed by atoms with van der Waals surface area (Å²) in [6.07, 6.45) is 0. The number of pyridine rings is 1. The van der Waals surface area contributed by atoms with Crippen LogP contribution in [0.15, 0.2) is 24.3 Å². The van der Waals surface area contributed by atoms with E-state index in [0.717, 1.165) is 35.8 Å². The first-order valence-corrected chi connectivity index (χ1v) is 9.48. The summed E-state index contributed by atoms with van der Waals surface area (Å²) in [7, 11) is 4.20. The molecule has 3 rings (SSSR count). The van der Waals surface area contributed by atoms with E-state index < -0.39 is 5.82 Å². The molecule has 0 aliphatic carbocycles. The highest BCUT2D eigenvalue weighted by Gasteiger charge is 2.16. The predicted octanol–water partition coefficient (Wildman–Crippen LogP) is 3.55. The third kappa shape index (κ3) is 4.31. The number of H-pyrrole nitrogens is 1. The summed E-state index contributed by atoms with van der Waals surface area (Å²) in [6, 6.07) is 6.53. The highest BCUT2D eigenvalue weighted by molar-refractivity contribution is 5.84. The summed E-state index contributed by atoms with van der Waals surface area (Å²) in [4.78, 5) is 9.08. The van der Waals surface area contributed by atoms with Crippen LogP contribution in [0.5, 0.6) is 5.75 Å². The maximum absolute atomic E-state index is 14.4. The topological polar surface area (TPSA) is 68.3 Å². The van der Waals surface area contributed by atoms with Crippen LogP contribution < -0.4 is 0 Å². The lowest BCUT2D eigenvalue weighted by molar-refractivity contribution is 0.221. The molecule has 0 radical (unpaired) electrons. The number of phenols is 1. The lowest BCUT2D eigenvalue weighted by Crippen LogP contribution is -2.34. The second-order valence-electron chi connectivity index (χ2n) is 7.69. The predicted molar refractivity (Wildman–Crippen MR) is 110 cm³/mol. The van der Waals surface area contributed by atoms with Crippen molar-refractivity contribution in [1.82, 2.24) is 25.0 Å². The molecule has 1 aromatic carbocycles. The number of nitrogens with one attached hydrogen (secondary N) is 1. The third-order valence-electron chi connectivity index (χ3n) is 5.17. The zero-order valence-corrected chi connectivity index (χ0v) is 17.1. The molecule has 0 bridgehead atoms. The van der Waals surface area contributed by atoms with Gasteiger partial charge in [0.15, 0.2) is 5.65 Å². The van der Waals surface area contributed by atoms with Crippen LogP contribution in [0.1, 0.15) is 25.1 Å². The van der Waals surface area contributed by atoms with Crippen molar-refractivity contribution in [2.24, 2.45) is 0 Å². The number of rotatable bonds is 7. The normalized spacial score (nSPS) is 12.0. The van der Waals surface area contributed by atoms with Gasteiger partial charge in [-0.3, -0.25) is 5.10 Å². The number of aryl methyl sites for hydroxylation is 1. The number of halogens is 1. The van der Waals surface area contributed by atoms with Crippen molar-refractivity contribution >= 4 is 11.0 Å². The summed E-state index contributed by atoms with van der Waals surface area (Å²) in [5, 5.41) is 17.7. The van der Waals surface area contributed by atoms with Gasteiger partial charge in [-0.2, -0.15) is 5.10 Å². The summed E-state index contributed by atoms with van der Waals surface area (Å²) < 4.78 is 14.4. The van der Waals surface area contributed by atoms with Gasteiger partial charge >= 0.3 is 0 Å². The van der Waals surface area contributed by atoms with E-state index in [2.05, 4.69) is 52.9 Å². The Bertz CT molecular complexity index is 969. The molecular weight excluding hydrogens is 357 g/mol. The molecule has 0 saturated carbocycles.